The maximum Gasteiger partial charge on any atom is 0.240 e. The molecule has 0 atom stereocenters. The molecule has 1 saturated heterocycles. The lowest BCUT2D eigenvalue weighted by molar-refractivity contribution is 0.264. The molecule has 0 spiro atoms. The first-order valence-corrected chi connectivity index (χ1v) is 7.58. The molecule has 0 bridgehead atoms. The van der Waals surface area contributed by atoms with Crippen molar-refractivity contribution in [3.8, 4) is 0 Å². The number of likely N-dealkylation sites (tertiary alicyclic amines) is 1. The van der Waals surface area contributed by atoms with Gasteiger partial charge in [-0.3, -0.25) is 0 Å². The predicted molar refractivity (Wildman–Crippen MR) is 72.0 cm³/mol. The molecule has 1 aliphatic heterocycles. The Labute approximate surface area is 108 Å². The van der Waals surface area contributed by atoms with Gasteiger partial charge < -0.3 is 10.2 Å². The summed E-state index contributed by atoms with van der Waals surface area (Å²) < 4.78 is 23.0. The van der Waals surface area contributed by atoms with Crippen LogP contribution in [-0.4, -0.2) is 39.5 Å². The molecule has 1 heterocycles. The average molecular weight is 269 g/mol. The van der Waals surface area contributed by atoms with E-state index >= 15 is 0 Å². The summed E-state index contributed by atoms with van der Waals surface area (Å²) in [6.45, 7) is 2.05. The normalized spacial score (nSPS) is 18.8. The van der Waals surface area contributed by atoms with Gasteiger partial charge in [0, 0.05) is 6.04 Å². The zero-order valence-electron chi connectivity index (χ0n) is 10.5. The quantitative estimate of drug-likeness (QED) is 0.852. The zero-order chi connectivity index (χ0) is 13.2. The summed E-state index contributed by atoms with van der Waals surface area (Å²) in [6, 6.07) is 7.10. The second-order valence-electron chi connectivity index (χ2n) is 4.76. The van der Waals surface area contributed by atoms with Crippen LogP contribution in [0.5, 0.6) is 0 Å². The van der Waals surface area contributed by atoms with Gasteiger partial charge in [-0.1, -0.05) is 12.1 Å². The van der Waals surface area contributed by atoms with Crippen molar-refractivity contribution in [2.75, 3.05) is 25.5 Å². The van der Waals surface area contributed by atoms with Crippen molar-refractivity contribution in [3.05, 3.63) is 24.3 Å². The number of hydrogen-bond acceptors (Lipinski definition) is 4. The molecule has 6 heteroatoms. The number of benzene rings is 1. The molecule has 18 heavy (non-hydrogen) atoms. The van der Waals surface area contributed by atoms with Crippen LogP contribution in [0.1, 0.15) is 12.8 Å². The number of anilines is 1. The van der Waals surface area contributed by atoms with Crippen molar-refractivity contribution in [1.82, 2.24) is 4.90 Å². The fraction of sp³-hybridized carbons (Fsp3) is 0.500. The molecule has 3 N–H and O–H groups in total. The molecule has 0 aromatic heterocycles. The van der Waals surface area contributed by atoms with Gasteiger partial charge in [0.25, 0.3) is 0 Å². The Morgan fingerprint density at radius 3 is 2.50 bits per heavy atom. The van der Waals surface area contributed by atoms with E-state index in [-0.39, 0.29) is 4.90 Å². The third-order valence-corrected chi connectivity index (χ3v) is 4.24. The molecule has 100 valence electrons. The van der Waals surface area contributed by atoms with Crippen LogP contribution in [-0.2, 0) is 10.0 Å². The van der Waals surface area contributed by atoms with Crippen LogP contribution in [0, 0.1) is 0 Å². The number of nitrogens with two attached hydrogens (primary N) is 1. The van der Waals surface area contributed by atoms with Gasteiger partial charge in [0.1, 0.15) is 4.90 Å². The topological polar surface area (TPSA) is 75.4 Å². The Hall–Kier alpha value is -1.11. The standard InChI is InChI=1S/C12H19N3O2S/c1-15-8-6-10(7-9-15)14-11-4-2-3-5-12(11)18(13,16)17/h2-5,10,14H,6-9H2,1H3,(H2,13,16,17). The highest BCUT2D eigenvalue weighted by Crippen LogP contribution is 2.22. The number of hydrogen-bond donors (Lipinski definition) is 2. The minimum atomic E-state index is -3.67. The molecule has 0 radical (unpaired) electrons. The Kier molecular flexibility index (Phi) is 3.89. The second-order valence-corrected chi connectivity index (χ2v) is 6.29. The summed E-state index contributed by atoms with van der Waals surface area (Å²) in [5, 5.41) is 8.50. The van der Waals surface area contributed by atoms with Crippen molar-refractivity contribution >= 4 is 15.7 Å². The monoisotopic (exact) mass is 269 g/mol. The molecule has 1 aromatic rings. The fourth-order valence-electron chi connectivity index (χ4n) is 2.21. The van der Waals surface area contributed by atoms with Crippen LogP contribution in [0.15, 0.2) is 29.2 Å². The molecule has 2 rings (SSSR count). The summed E-state index contributed by atoms with van der Waals surface area (Å²) in [4.78, 5) is 2.44. The lowest BCUT2D eigenvalue weighted by Crippen LogP contribution is -2.37. The summed E-state index contributed by atoms with van der Waals surface area (Å²) in [7, 11) is -1.58. The summed E-state index contributed by atoms with van der Waals surface area (Å²) >= 11 is 0. The Morgan fingerprint density at radius 2 is 1.89 bits per heavy atom. The molecule has 5 nitrogen and oxygen atoms in total. The van der Waals surface area contributed by atoms with E-state index in [2.05, 4.69) is 17.3 Å². The Balaban J connectivity index is 2.15. The van der Waals surface area contributed by atoms with Gasteiger partial charge >= 0.3 is 0 Å². The van der Waals surface area contributed by atoms with Crippen molar-refractivity contribution in [3.63, 3.8) is 0 Å². The minimum absolute atomic E-state index is 0.170. The summed E-state index contributed by atoms with van der Waals surface area (Å²) in [5.74, 6) is 0. The van der Waals surface area contributed by atoms with Crippen molar-refractivity contribution in [1.29, 1.82) is 0 Å². The number of primary sulfonamides is 1. The highest BCUT2D eigenvalue weighted by molar-refractivity contribution is 7.89. The van der Waals surface area contributed by atoms with Gasteiger partial charge in [-0.05, 0) is 45.1 Å². The maximum atomic E-state index is 11.5. The van der Waals surface area contributed by atoms with Gasteiger partial charge in [0.05, 0.1) is 5.69 Å². The van der Waals surface area contributed by atoms with Gasteiger partial charge in [0.2, 0.25) is 10.0 Å². The highest BCUT2D eigenvalue weighted by atomic mass is 32.2. The number of rotatable bonds is 3. The molecular weight excluding hydrogens is 250 g/mol. The highest BCUT2D eigenvalue weighted by Gasteiger charge is 2.19. The molecule has 1 aliphatic rings. The Bertz CT molecular complexity index is 508. The number of nitrogens with one attached hydrogen (secondary N) is 1. The van der Waals surface area contributed by atoms with E-state index < -0.39 is 10.0 Å². The zero-order valence-corrected chi connectivity index (χ0v) is 11.3. The van der Waals surface area contributed by atoms with E-state index in [4.69, 9.17) is 5.14 Å². The lowest BCUT2D eigenvalue weighted by Gasteiger charge is -2.30. The van der Waals surface area contributed by atoms with Crippen molar-refractivity contribution < 1.29 is 8.42 Å². The van der Waals surface area contributed by atoms with Crippen LogP contribution in [0.2, 0.25) is 0 Å². The van der Waals surface area contributed by atoms with Crippen LogP contribution in [0.25, 0.3) is 0 Å². The number of nitrogens with zero attached hydrogens (tertiary/aromatic N) is 1. The van der Waals surface area contributed by atoms with Gasteiger partial charge in [-0.15, -0.1) is 0 Å². The average Bonchev–Trinajstić information content (AvgIpc) is 2.31. The van der Waals surface area contributed by atoms with E-state index in [0.717, 1.165) is 25.9 Å². The molecule has 0 aliphatic carbocycles. The molecule has 1 aromatic carbocycles. The smallest absolute Gasteiger partial charge is 0.240 e. The van der Waals surface area contributed by atoms with Crippen LogP contribution >= 0.6 is 0 Å². The van der Waals surface area contributed by atoms with Crippen molar-refractivity contribution in [2.24, 2.45) is 5.14 Å². The lowest BCUT2D eigenvalue weighted by atomic mass is 10.1. The van der Waals surface area contributed by atoms with E-state index in [9.17, 15) is 8.42 Å². The van der Waals surface area contributed by atoms with E-state index in [1.165, 1.54) is 6.07 Å². The van der Waals surface area contributed by atoms with Crippen LogP contribution in [0.3, 0.4) is 0 Å². The van der Waals surface area contributed by atoms with E-state index in [1.54, 1.807) is 12.1 Å². The minimum Gasteiger partial charge on any atom is -0.381 e. The summed E-state index contributed by atoms with van der Waals surface area (Å²) in [6.07, 6.45) is 2.02. The molecule has 1 fully saturated rings. The predicted octanol–water partition coefficient (Wildman–Crippen LogP) is 0.840. The maximum absolute atomic E-state index is 11.5. The first-order chi connectivity index (χ1) is 8.47. The first kappa shape index (κ1) is 13.3. The first-order valence-electron chi connectivity index (χ1n) is 6.04. The van der Waals surface area contributed by atoms with Gasteiger partial charge in [0.15, 0.2) is 0 Å². The molecular formula is C12H19N3O2S. The third-order valence-electron chi connectivity index (χ3n) is 3.27. The Morgan fingerprint density at radius 1 is 1.28 bits per heavy atom. The van der Waals surface area contributed by atoms with Crippen molar-refractivity contribution in [2.45, 2.75) is 23.8 Å². The number of sulfonamides is 1. The SMILES string of the molecule is CN1CCC(Nc2ccccc2S(N)(=O)=O)CC1. The fourth-order valence-corrected chi connectivity index (χ4v) is 2.91. The molecule has 0 amide bonds. The van der Waals surface area contributed by atoms with Crippen LogP contribution in [0.4, 0.5) is 5.69 Å². The largest absolute Gasteiger partial charge is 0.381 e. The van der Waals surface area contributed by atoms with Gasteiger partial charge in [-0.2, -0.15) is 0 Å². The van der Waals surface area contributed by atoms with Gasteiger partial charge in [-0.25, -0.2) is 13.6 Å². The third kappa shape index (κ3) is 3.22. The number of piperidine rings is 1. The molecule has 0 unspecified atom stereocenters. The van der Waals surface area contributed by atoms with E-state index in [0.29, 0.717) is 11.7 Å². The number of para-hydroxylation sites is 1. The van der Waals surface area contributed by atoms with Crippen LogP contribution < -0.4 is 10.5 Å². The summed E-state index contributed by atoms with van der Waals surface area (Å²) in [5.41, 5.74) is 0.606. The van der Waals surface area contributed by atoms with E-state index in [1.807, 2.05) is 6.07 Å². The molecule has 0 saturated carbocycles. The second kappa shape index (κ2) is 5.26.